The number of carbonyl (C=O) groups is 4. The third-order valence-electron chi connectivity index (χ3n) is 7.81. The van der Waals surface area contributed by atoms with Crippen molar-refractivity contribution < 1.29 is 24.0 Å². The van der Waals surface area contributed by atoms with Crippen molar-refractivity contribution >= 4 is 45.3 Å². The number of carbonyl (C=O) groups excluding carboxylic acids is 4. The van der Waals surface area contributed by atoms with Crippen molar-refractivity contribution in [2.45, 2.75) is 69.5 Å². The summed E-state index contributed by atoms with van der Waals surface area (Å²) in [6.07, 6.45) is 3.43. The molecule has 0 spiro atoms. The van der Waals surface area contributed by atoms with E-state index in [-0.39, 0.29) is 12.5 Å². The minimum absolute atomic E-state index is 0.216. The van der Waals surface area contributed by atoms with Crippen LogP contribution in [0.3, 0.4) is 0 Å². The summed E-state index contributed by atoms with van der Waals surface area (Å²) in [5, 5.41) is 6.30. The molecule has 2 aliphatic rings. The van der Waals surface area contributed by atoms with Gasteiger partial charge in [-0.3, -0.25) is 14.4 Å². The van der Waals surface area contributed by atoms with E-state index in [1.165, 1.54) is 16.3 Å². The highest BCUT2D eigenvalue weighted by Gasteiger charge is 2.42. The Balaban J connectivity index is 1.24. The zero-order chi connectivity index (χ0) is 27.5. The zero-order valence-electron chi connectivity index (χ0n) is 21.8. The number of fused-ring (bicyclic) bond motifs is 1. The van der Waals surface area contributed by atoms with E-state index in [4.69, 9.17) is 16.4 Å². The summed E-state index contributed by atoms with van der Waals surface area (Å²) < 4.78 is 0. The Morgan fingerprint density at radius 1 is 1.03 bits per heavy atom. The van der Waals surface area contributed by atoms with Crippen molar-refractivity contribution in [3.63, 3.8) is 0 Å². The van der Waals surface area contributed by atoms with E-state index in [2.05, 4.69) is 54.7 Å². The Labute approximate surface area is 232 Å². The molecule has 1 heterocycles. The molecule has 0 radical (unpaired) electrons. The number of amides is 1. The van der Waals surface area contributed by atoms with Crippen LogP contribution in [0.15, 0.2) is 66.7 Å². The molecule has 1 N–H and O–H groups in total. The lowest BCUT2D eigenvalue weighted by molar-refractivity contribution is -0.165. The van der Waals surface area contributed by atoms with Gasteiger partial charge in [0.25, 0.3) is 5.91 Å². The molecule has 3 aromatic rings. The molecule has 2 fully saturated rings. The maximum atomic E-state index is 13.1. The average molecular weight is 547 g/mol. The molecule has 39 heavy (non-hydrogen) atoms. The van der Waals surface area contributed by atoms with Gasteiger partial charge in [0.1, 0.15) is 6.04 Å². The van der Waals surface area contributed by atoms with Crippen molar-refractivity contribution in [2.75, 3.05) is 0 Å². The number of rotatable bonds is 8. The minimum atomic E-state index is -1.15. The Hall–Kier alpha value is -3.55. The van der Waals surface area contributed by atoms with Gasteiger partial charge in [-0.15, -0.1) is 0 Å². The minimum Gasteiger partial charge on any atom is -0.337 e. The van der Waals surface area contributed by atoms with Crippen LogP contribution in [0.1, 0.15) is 78.9 Å². The van der Waals surface area contributed by atoms with E-state index in [9.17, 15) is 19.2 Å². The zero-order valence-corrected chi connectivity index (χ0v) is 22.5. The number of ketones is 1. The number of nitrogens with one attached hydrogen (secondary N) is 1. The number of Topliss-reactive ketones (excluding diaryl/α,β-unsaturated/α-hetero) is 1. The molecule has 1 aliphatic carbocycles. The highest BCUT2D eigenvalue weighted by Crippen LogP contribution is 2.35. The van der Waals surface area contributed by atoms with Crippen LogP contribution in [0.25, 0.3) is 10.8 Å². The number of hydroxylamine groups is 2. The normalized spacial score (nSPS) is 21.9. The Bertz CT molecular complexity index is 1400. The summed E-state index contributed by atoms with van der Waals surface area (Å²) in [6.45, 7) is 2.22. The summed E-state index contributed by atoms with van der Waals surface area (Å²) in [7, 11) is 0. The smallest absolute Gasteiger partial charge is 0.335 e. The Kier molecular flexibility index (Phi) is 8.10. The van der Waals surface area contributed by atoms with Crippen LogP contribution in [0.2, 0.25) is 0 Å². The number of nitrogens with zero attached hydrogens (tertiary/aromatic N) is 1. The number of benzene rings is 3. The van der Waals surface area contributed by atoms with Crippen molar-refractivity contribution in [3.8, 4) is 0 Å². The Morgan fingerprint density at radius 2 is 1.77 bits per heavy atom. The van der Waals surface area contributed by atoms with Crippen LogP contribution in [-0.4, -0.2) is 40.0 Å². The van der Waals surface area contributed by atoms with Crippen LogP contribution in [0.5, 0.6) is 0 Å². The molecular formula is C31H31ClN2O5. The molecule has 0 bridgehead atoms. The molecule has 1 unspecified atom stereocenters. The highest BCUT2D eigenvalue weighted by molar-refractivity contribution is 6.65. The molecule has 3 aromatic carbocycles. The van der Waals surface area contributed by atoms with E-state index in [0.717, 1.165) is 36.3 Å². The second kappa shape index (κ2) is 11.7. The van der Waals surface area contributed by atoms with Gasteiger partial charge < -0.3 is 10.2 Å². The fourth-order valence-corrected chi connectivity index (χ4v) is 6.01. The Morgan fingerprint density at radius 3 is 2.54 bits per heavy atom. The van der Waals surface area contributed by atoms with Crippen molar-refractivity contribution in [1.29, 1.82) is 0 Å². The summed E-state index contributed by atoms with van der Waals surface area (Å²) in [6, 6.07) is 21.6. The van der Waals surface area contributed by atoms with Crippen molar-refractivity contribution in [1.82, 2.24) is 10.4 Å². The molecular weight excluding hydrogens is 516 g/mol. The molecule has 1 aliphatic heterocycles. The third-order valence-corrected chi connectivity index (χ3v) is 7.94. The fraction of sp³-hybridized carbons (Fsp3) is 0.355. The SMILES string of the molecule is C[C@@H](N[C@H]1CCC[C@H](c2ccc(C(=O)N3OC(=O)CC3C(=O)CC(=O)Cl)cc2)C1)c1cccc2ccccc12. The average Bonchev–Trinajstić information content (AvgIpc) is 3.34. The predicted octanol–water partition coefficient (Wildman–Crippen LogP) is 5.61. The third kappa shape index (κ3) is 6.05. The number of halogens is 1. The van der Waals surface area contributed by atoms with Gasteiger partial charge in [-0.1, -0.05) is 61.0 Å². The summed E-state index contributed by atoms with van der Waals surface area (Å²) >= 11 is 5.32. The second-order valence-electron chi connectivity index (χ2n) is 10.5. The van der Waals surface area contributed by atoms with E-state index in [1.54, 1.807) is 12.1 Å². The van der Waals surface area contributed by atoms with Gasteiger partial charge >= 0.3 is 5.97 Å². The topological polar surface area (TPSA) is 92.8 Å². The van der Waals surface area contributed by atoms with Crippen molar-refractivity contribution in [2.24, 2.45) is 0 Å². The largest absolute Gasteiger partial charge is 0.337 e. The van der Waals surface area contributed by atoms with Gasteiger partial charge in [0.15, 0.2) is 5.78 Å². The van der Waals surface area contributed by atoms with E-state index in [0.29, 0.717) is 17.5 Å². The standard InChI is InChI=1S/C31H31ClN2O5/c1-19(25-11-5-7-21-6-2-3-10-26(21)25)33-24-9-4-8-23(16-24)20-12-14-22(15-13-20)31(38)34-27(17-30(37)39-34)28(35)18-29(32)36/h2-3,5-7,10-15,19,23-24,27,33H,4,8-9,16-18H2,1H3/t19-,23+,24+,27?/m1/s1. The van der Waals surface area contributed by atoms with Gasteiger partial charge in [-0.25, -0.2) is 4.79 Å². The molecule has 1 saturated carbocycles. The summed E-state index contributed by atoms with van der Waals surface area (Å²) in [5.74, 6) is -1.56. The number of hydrogen-bond acceptors (Lipinski definition) is 6. The molecule has 8 heteroatoms. The first-order valence-electron chi connectivity index (χ1n) is 13.4. The molecule has 4 atom stereocenters. The fourth-order valence-electron chi connectivity index (χ4n) is 5.87. The molecule has 0 aromatic heterocycles. The summed E-state index contributed by atoms with van der Waals surface area (Å²) in [5.41, 5.74) is 2.75. The van der Waals surface area contributed by atoms with E-state index in [1.807, 2.05) is 12.1 Å². The van der Waals surface area contributed by atoms with Gasteiger partial charge in [0.2, 0.25) is 5.24 Å². The molecule has 7 nitrogen and oxygen atoms in total. The highest BCUT2D eigenvalue weighted by atomic mass is 35.5. The summed E-state index contributed by atoms with van der Waals surface area (Å²) in [4.78, 5) is 53.4. The second-order valence-corrected chi connectivity index (χ2v) is 10.9. The molecule has 1 amide bonds. The quantitative estimate of drug-likeness (QED) is 0.291. The van der Waals surface area contributed by atoms with Crippen molar-refractivity contribution in [3.05, 3.63) is 83.4 Å². The monoisotopic (exact) mass is 546 g/mol. The van der Waals surface area contributed by atoms with Crippen LogP contribution in [-0.2, 0) is 19.2 Å². The first-order chi connectivity index (χ1) is 18.8. The first-order valence-corrected chi connectivity index (χ1v) is 13.8. The van der Waals surface area contributed by atoms with Gasteiger partial charge in [-0.05, 0) is 77.7 Å². The maximum absolute atomic E-state index is 13.1. The molecule has 1 saturated heterocycles. The van der Waals surface area contributed by atoms with E-state index >= 15 is 0 Å². The predicted molar refractivity (Wildman–Crippen MR) is 148 cm³/mol. The van der Waals surface area contributed by atoms with Crippen LogP contribution >= 0.6 is 11.6 Å². The van der Waals surface area contributed by atoms with Gasteiger partial charge in [0, 0.05) is 17.6 Å². The van der Waals surface area contributed by atoms with Crippen LogP contribution < -0.4 is 5.32 Å². The first kappa shape index (κ1) is 27.0. The van der Waals surface area contributed by atoms with Gasteiger partial charge in [0.05, 0.1) is 12.8 Å². The molecule has 5 rings (SSSR count). The lowest BCUT2D eigenvalue weighted by Crippen LogP contribution is -2.40. The van der Waals surface area contributed by atoms with Crippen LogP contribution in [0.4, 0.5) is 0 Å². The van der Waals surface area contributed by atoms with Crippen LogP contribution in [0, 0.1) is 0 Å². The van der Waals surface area contributed by atoms with Gasteiger partial charge in [-0.2, -0.15) is 5.06 Å². The maximum Gasteiger partial charge on any atom is 0.335 e. The lowest BCUT2D eigenvalue weighted by atomic mass is 9.80. The molecule has 202 valence electrons. The lowest BCUT2D eigenvalue weighted by Gasteiger charge is -2.32. The number of hydrogen-bond donors (Lipinski definition) is 1. The van der Waals surface area contributed by atoms with E-state index < -0.39 is 35.4 Å².